The molecule has 1 aromatic rings. The molecule has 0 radical (unpaired) electrons. The van der Waals surface area contributed by atoms with Crippen LogP contribution >= 0.6 is 37.2 Å². The number of hydrogen-bond acceptors (Lipinski definition) is 5. The Morgan fingerprint density at radius 1 is 1.07 bits per heavy atom. The van der Waals surface area contributed by atoms with Crippen LogP contribution in [0.15, 0.2) is 24.3 Å². The molecular weight excluding hydrogens is 447 g/mol. The summed E-state index contributed by atoms with van der Waals surface area (Å²) < 4.78 is 5.37. The van der Waals surface area contributed by atoms with Crippen molar-refractivity contribution in [3.05, 3.63) is 24.3 Å². The van der Waals surface area contributed by atoms with E-state index in [4.69, 9.17) is 10.5 Å². The van der Waals surface area contributed by atoms with Gasteiger partial charge in [-0.05, 0) is 55.7 Å². The number of anilines is 2. The summed E-state index contributed by atoms with van der Waals surface area (Å²) in [5, 5.41) is 3.02. The number of ether oxygens (including phenoxy) is 1. The number of amides is 1. The second-order valence-electron chi connectivity index (χ2n) is 8.25. The van der Waals surface area contributed by atoms with E-state index in [-0.39, 0.29) is 49.0 Å². The quantitative estimate of drug-likeness (QED) is 0.653. The van der Waals surface area contributed by atoms with Gasteiger partial charge in [-0.25, -0.2) is 0 Å². The first-order valence-electron chi connectivity index (χ1n) is 10.4. The second kappa shape index (κ2) is 12.9. The molecule has 6 nitrogen and oxygen atoms in total. The van der Waals surface area contributed by atoms with Gasteiger partial charge in [-0.15, -0.1) is 37.2 Å². The van der Waals surface area contributed by atoms with Gasteiger partial charge in [-0.1, -0.05) is 6.07 Å². The van der Waals surface area contributed by atoms with E-state index in [1.807, 2.05) is 12.1 Å². The van der Waals surface area contributed by atoms with Gasteiger partial charge in [0.1, 0.15) is 0 Å². The van der Waals surface area contributed by atoms with Crippen LogP contribution in [0, 0.1) is 11.8 Å². The molecule has 3 aliphatic rings. The molecule has 4 rings (SSSR count). The van der Waals surface area contributed by atoms with Gasteiger partial charge in [0.25, 0.3) is 0 Å². The van der Waals surface area contributed by atoms with Crippen LogP contribution in [-0.2, 0) is 9.53 Å². The van der Waals surface area contributed by atoms with E-state index in [2.05, 4.69) is 27.2 Å². The van der Waals surface area contributed by atoms with Crippen molar-refractivity contribution < 1.29 is 9.53 Å². The summed E-state index contributed by atoms with van der Waals surface area (Å²) in [6.07, 6.45) is 4.55. The van der Waals surface area contributed by atoms with Crippen LogP contribution < -0.4 is 16.0 Å². The predicted octanol–water partition coefficient (Wildman–Crippen LogP) is 3.18. The number of carbonyl (C=O) groups excluding carboxylic acids is 1. The third-order valence-corrected chi connectivity index (χ3v) is 6.14. The largest absolute Gasteiger partial charge is 0.381 e. The van der Waals surface area contributed by atoms with E-state index in [0.29, 0.717) is 13.2 Å². The highest BCUT2D eigenvalue weighted by molar-refractivity contribution is 5.95. The molecule has 2 heterocycles. The molecule has 2 saturated heterocycles. The molecule has 2 aliphatic heterocycles. The topological polar surface area (TPSA) is 70.8 Å². The molecule has 3 fully saturated rings. The number of hydrogen-bond donors (Lipinski definition) is 2. The molecule has 1 aliphatic carbocycles. The summed E-state index contributed by atoms with van der Waals surface area (Å²) in [5.74, 6) is 1.07. The van der Waals surface area contributed by atoms with Crippen molar-refractivity contribution in [3.63, 3.8) is 0 Å². The van der Waals surface area contributed by atoms with Gasteiger partial charge in [-0.3, -0.25) is 9.69 Å². The monoisotopic (exact) mass is 480 g/mol. The first-order valence-corrected chi connectivity index (χ1v) is 10.4. The maximum atomic E-state index is 12.6. The molecule has 9 heteroatoms. The smallest absolute Gasteiger partial charge is 0.241 e. The zero-order valence-corrected chi connectivity index (χ0v) is 19.8. The van der Waals surface area contributed by atoms with Crippen LogP contribution in [0.5, 0.6) is 0 Å². The van der Waals surface area contributed by atoms with E-state index in [1.54, 1.807) is 0 Å². The fraction of sp³-hybridized carbons (Fsp3) is 0.667. The average molecular weight is 482 g/mol. The molecule has 1 aromatic carbocycles. The number of nitrogens with zero attached hydrogens (tertiary/aromatic N) is 2. The number of nitrogens with two attached hydrogens (primary N) is 1. The highest BCUT2D eigenvalue weighted by Crippen LogP contribution is 2.30. The maximum absolute atomic E-state index is 12.6. The Morgan fingerprint density at radius 2 is 1.73 bits per heavy atom. The number of halogens is 3. The van der Waals surface area contributed by atoms with E-state index in [0.717, 1.165) is 50.6 Å². The van der Waals surface area contributed by atoms with Crippen molar-refractivity contribution in [1.29, 1.82) is 0 Å². The highest BCUT2D eigenvalue weighted by Gasteiger charge is 2.28. The number of benzene rings is 1. The molecule has 0 bridgehead atoms. The highest BCUT2D eigenvalue weighted by atomic mass is 35.5. The van der Waals surface area contributed by atoms with Crippen molar-refractivity contribution in [2.24, 2.45) is 17.6 Å². The van der Waals surface area contributed by atoms with E-state index < -0.39 is 6.04 Å². The fourth-order valence-electron chi connectivity index (χ4n) is 4.15. The summed E-state index contributed by atoms with van der Waals surface area (Å²) in [5.41, 5.74) is 8.21. The SMILES string of the molecule is Cl.Cl.Cl.NC(C(=O)Nc1cccc(N2CCN(CC3CC3)CC2)c1)C1CCOCC1. The summed E-state index contributed by atoms with van der Waals surface area (Å²) in [7, 11) is 0. The third-order valence-electron chi connectivity index (χ3n) is 6.14. The number of nitrogens with one attached hydrogen (secondary N) is 1. The average Bonchev–Trinajstić information content (AvgIpc) is 3.53. The first kappa shape index (κ1) is 27.3. The zero-order valence-electron chi connectivity index (χ0n) is 17.3. The number of piperazine rings is 1. The molecular formula is C21H35Cl3N4O2. The lowest BCUT2D eigenvalue weighted by atomic mass is 9.92. The van der Waals surface area contributed by atoms with Crippen LogP contribution in [0.1, 0.15) is 25.7 Å². The summed E-state index contributed by atoms with van der Waals surface area (Å²) in [6, 6.07) is 7.70. The molecule has 1 atom stereocenters. The molecule has 0 spiro atoms. The van der Waals surface area contributed by atoms with E-state index >= 15 is 0 Å². The minimum atomic E-state index is -0.469. The van der Waals surface area contributed by atoms with Gasteiger partial charge in [0.05, 0.1) is 6.04 Å². The Labute approximate surface area is 198 Å². The second-order valence-corrected chi connectivity index (χ2v) is 8.25. The van der Waals surface area contributed by atoms with Crippen molar-refractivity contribution in [2.45, 2.75) is 31.7 Å². The van der Waals surface area contributed by atoms with E-state index in [1.165, 1.54) is 25.1 Å². The van der Waals surface area contributed by atoms with Gasteiger partial charge >= 0.3 is 0 Å². The fourth-order valence-corrected chi connectivity index (χ4v) is 4.15. The van der Waals surface area contributed by atoms with Crippen molar-refractivity contribution >= 4 is 54.5 Å². The molecule has 1 unspecified atom stereocenters. The summed E-state index contributed by atoms with van der Waals surface area (Å²) >= 11 is 0. The molecule has 172 valence electrons. The van der Waals surface area contributed by atoms with Crippen LogP contribution in [0.2, 0.25) is 0 Å². The van der Waals surface area contributed by atoms with Crippen LogP contribution in [0.4, 0.5) is 11.4 Å². The minimum absolute atomic E-state index is 0. The normalized spacial score (nSPS) is 20.9. The Hall–Kier alpha value is -0.760. The standard InChI is InChI=1S/C21H32N4O2.3ClH/c22-20(17-6-12-27-13-7-17)21(26)23-18-2-1-3-19(14-18)25-10-8-24(9-11-25)15-16-4-5-16;;;/h1-3,14,16-17,20H,4-13,15,22H2,(H,23,26);3*1H. The van der Waals surface area contributed by atoms with Crippen molar-refractivity contribution in [1.82, 2.24) is 4.90 Å². The van der Waals surface area contributed by atoms with E-state index in [9.17, 15) is 4.79 Å². The predicted molar refractivity (Wildman–Crippen MR) is 130 cm³/mol. The third kappa shape index (κ3) is 7.43. The van der Waals surface area contributed by atoms with Gasteiger partial charge in [0.15, 0.2) is 0 Å². The molecule has 0 aromatic heterocycles. The summed E-state index contributed by atoms with van der Waals surface area (Å²) in [6.45, 7) is 7.02. The molecule has 30 heavy (non-hydrogen) atoms. The lowest BCUT2D eigenvalue weighted by Gasteiger charge is -2.36. The van der Waals surface area contributed by atoms with Gasteiger partial charge in [0, 0.05) is 57.3 Å². The van der Waals surface area contributed by atoms with Crippen LogP contribution in [-0.4, -0.2) is 62.8 Å². The van der Waals surface area contributed by atoms with Gasteiger partial charge in [-0.2, -0.15) is 0 Å². The Morgan fingerprint density at radius 3 is 2.37 bits per heavy atom. The van der Waals surface area contributed by atoms with Crippen LogP contribution in [0.3, 0.4) is 0 Å². The van der Waals surface area contributed by atoms with Crippen molar-refractivity contribution in [2.75, 3.05) is 56.2 Å². The Balaban J connectivity index is 0.00000150. The van der Waals surface area contributed by atoms with Gasteiger partial charge < -0.3 is 20.7 Å². The van der Waals surface area contributed by atoms with Crippen molar-refractivity contribution in [3.8, 4) is 0 Å². The minimum Gasteiger partial charge on any atom is -0.381 e. The Bertz CT molecular complexity index is 649. The lowest BCUT2D eigenvalue weighted by Crippen LogP contribution is -2.47. The zero-order chi connectivity index (χ0) is 18.6. The summed E-state index contributed by atoms with van der Waals surface area (Å²) in [4.78, 5) is 17.6. The maximum Gasteiger partial charge on any atom is 0.241 e. The van der Waals surface area contributed by atoms with Gasteiger partial charge in [0.2, 0.25) is 5.91 Å². The Kier molecular flexibility index (Phi) is 11.8. The molecule has 3 N–H and O–H groups in total. The molecule has 1 saturated carbocycles. The van der Waals surface area contributed by atoms with Crippen LogP contribution in [0.25, 0.3) is 0 Å². The lowest BCUT2D eigenvalue weighted by molar-refractivity contribution is -0.119. The number of rotatable bonds is 6. The first-order chi connectivity index (χ1) is 13.2. The molecule has 1 amide bonds. The number of carbonyl (C=O) groups is 1.